The topological polar surface area (TPSA) is 30.0 Å². The van der Waals surface area contributed by atoms with Crippen LogP contribution in [0.5, 0.6) is 0 Å². The van der Waals surface area contributed by atoms with Crippen molar-refractivity contribution in [1.29, 1.82) is 0 Å². The number of aromatic nitrogens is 1. The van der Waals surface area contributed by atoms with Gasteiger partial charge >= 0.3 is 0 Å². The Bertz CT molecular complexity index is 390. The number of hydrogen-bond donors (Lipinski definition) is 0. The average Bonchev–Trinajstić information content (AvgIpc) is 2.18. The van der Waals surface area contributed by atoms with Gasteiger partial charge in [-0.25, -0.2) is 4.98 Å². The van der Waals surface area contributed by atoms with Crippen LogP contribution in [0.1, 0.15) is 30.1 Å². The van der Waals surface area contributed by atoms with Gasteiger partial charge in [0, 0.05) is 24.6 Å². The van der Waals surface area contributed by atoms with Crippen LogP contribution in [0.15, 0.2) is 18.3 Å². The number of rotatable bonds is 3. The van der Waals surface area contributed by atoms with Crippen molar-refractivity contribution in [2.75, 3.05) is 0 Å². The molecule has 0 saturated carbocycles. The maximum atomic E-state index is 11.5. The fourth-order valence-electron chi connectivity index (χ4n) is 1.02. The maximum absolute atomic E-state index is 11.5. The van der Waals surface area contributed by atoms with Crippen molar-refractivity contribution in [2.24, 2.45) is 0 Å². The van der Waals surface area contributed by atoms with E-state index in [9.17, 15) is 4.79 Å². The van der Waals surface area contributed by atoms with Gasteiger partial charge < -0.3 is 0 Å². The molecule has 0 spiro atoms. The molecule has 0 aliphatic carbocycles. The highest BCUT2D eigenvalue weighted by atomic mass is 35.5. The third-order valence-corrected chi connectivity index (χ3v) is 1.91. The standard InChI is InChI=1S/C11H10ClNO/c1-2-3-4-5-10(14)9-6-7-13-11(12)8-9/h6-8H,4-5H2,1H3. The third-order valence-electron chi connectivity index (χ3n) is 1.70. The Morgan fingerprint density at radius 3 is 3.07 bits per heavy atom. The quantitative estimate of drug-likeness (QED) is 0.433. The monoisotopic (exact) mass is 207 g/mol. The van der Waals surface area contributed by atoms with Crippen LogP contribution in [0.4, 0.5) is 0 Å². The Morgan fingerprint density at radius 1 is 1.64 bits per heavy atom. The maximum Gasteiger partial charge on any atom is 0.163 e. The molecule has 0 amide bonds. The van der Waals surface area contributed by atoms with Crippen molar-refractivity contribution in [1.82, 2.24) is 4.98 Å². The van der Waals surface area contributed by atoms with Gasteiger partial charge in [-0.05, 0) is 19.1 Å². The molecule has 0 unspecified atom stereocenters. The highest BCUT2D eigenvalue weighted by Crippen LogP contribution is 2.09. The molecule has 14 heavy (non-hydrogen) atoms. The van der Waals surface area contributed by atoms with E-state index in [1.54, 1.807) is 19.1 Å². The van der Waals surface area contributed by atoms with Crippen molar-refractivity contribution in [2.45, 2.75) is 19.8 Å². The summed E-state index contributed by atoms with van der Waals surface area (Å²) < 4.78 is 0. The van der Waals surface area contributed by atoms with Crippen LogP contribution in [0.3, 0.4) is 0 Å². The number of carbonyl (C=O) groups is 1. The summed E-state index contributed by atoms with van der Waals surface area (Å²) >= 11 is 5.66. The predicted molar refractivity (Wildman–Crippen MR) is 56.3 cm³/mol. The Hall–Kier alpha value is -1.33. The number of ketones is 1. The second kappa shape index (κ2) is 5.41. The molecular formula is C11H10ClNO. The normalized spacial score (nSPS) is 9.00. The molecule has 0 saturated heterocycles. The zero-order chi connectivity index (χ0) is 10.4. The second-order valence-corrected chi connectivity index (χ2v) is 3.10. The molecule has 0 aliphatic rings. The number of hydrogen-bond acceptors (Lipinski definition) is 2. The number of pyridine rings is 1. The molecule has 2 nitrogen and oxygen atoms in total. The van der Waals surface area contributed by atoms with Gasteiger partial charge in [0.15, 0.2) is 5.78 Å². The summed E-state index contributed by atoms with van der Waals surface area (Å²) in [4.78, 5) is 15.3. The molecule has 0 fully saturated rings. The Morgan fingerprint density at radius 2 is 2.43 bits per heavy atom. The van der Waals surface area contributed by atoms with E-state index in [2.05, 4.69) is 16.8 Å². The zero-order valence-corrected chi connectivity index (χ0v) is 8.64. The second-order valence-electron chi connectivity index (χ2n) is 2.72. The third kappa shape index (κ3) is 3.20. The van der Waals surface area contributed by atoms with Gasteiger partial charge in [0.1, 0.15) is 5.15 Å². The number of nitrogens with zero attached hydrogens (tertiary/aromatic N) is 1. The molecular weight excluding hydrogens is 198 g/mol. The first-order valence-electron chi connectivity index (χ1n) is 4.28. The van der Waals surface area contributed by atoms with Crippen LogP contribution < -0.4 is 0 Å². The predicted octanol–water partition coefficient (Wildman–Crippen LogP) is 2.72. The van der Waals surface area contributed by atoms with Crippen molar-refractivity contribution in [3.05, 3.63) is 29.0 Å². The molecule has 1 rings (SSSR count). The number of halogens is 1. The number of Topliss-reactive ketones (excluding diaryl/α,β-unsaturated/α-hetero) is 1. The minimum atomic E-state index is 0.0528. The fraction of sp³-hybridized carbons (Fsp3) is 0.273. The Labute approximate surface area is 88.3 Å². The Kier molecular flexibility index (Phi) is 4.15. The van der Waals surface area contributed by atoms with Crippen LogP contribution in [0.25, 0.3) is 0 Å². The lowest BCUT2D eigenvalue weighted by atomic mass is 10.1. The lowest BCUT2D eigenvalue weighted by molar-refractivity contribution is 0.0984. The largest absolute Gasteiger partial charge is 0.294 e. The minimum Gasteiger partial charge on any atom is -0.294 e. The smallest absolute Gasteiger partial charge is 0.163 e. The first-order valence-corrected chi connectivity index (χ1v) is 4.66. The average molecular weight is 208 g/mol. The molecule has 0 atom stereocenters. The summed E-state index contributed by atoms with van der Waals surface area (Å²) in [6.45, 7) is 1.76. The molecule has 1 aromatic rings. The van der Waals surface area contributed by atoms with Crippen LogP contribution in [0, 0.1) is 11.8 Å². The molecule has 3 heteroatoms. The Balaban J connectivity index is 2.63. The zero-order valence-electron chi connectivity index (χ0n) is 7.88. The summed E-state index contributed by atoms with van der Waals surface area (Å²) in [5.74, 6) is 5.64. The molecule has 0 aliphatic heterocycles. The first-order chi connectivity index (χ1) is 6.74. The van der Waals surface area contributed by atoms with E-state index in [0.717, 1.165) is 0 Å². The molecule has 72 valence electrons. The van der Waals surface area contributed by atoms with Gasteiger partial charge in [-0.3, -0.25) is 4.79 Å². The molecule has 0 radical (unpaired) electrons. The van der Waals surface area contributed by atoms with Gasteiger partial charge in [-0.15, -0.1) is 11.8 Å². The van der Waals surface area contributed by atoms with Gasteiger partial charge in [0.25, 0.3) is 0 Å². The van der Waals surface area contributed by atoms with E-state index in [-0.39, 0.29) is 5.78 Å². The summed E-state index contributed by atoms with van der Waals surface area (Å²) in [7, 11) is 0. The van der Waals surface area contributed by atoms with Crippen LogP contribution in [0.2, 0.25) is 5.15 Å². The first kappa shape index (κ1) is 10.7. The molecule has 0 aromatic carbocycles. The minimum absolute atomic E-state index is 0.0528. The SMILES string of the molecule is CC#CCCC(=O)c1ccnc(Cl)c1. The van der Waals surface area contributed by atoms with E-state index in [1.807, 2.05) is 0 Å². The van der Waals surface area contributed by atoms with Crippen LogP contribution in [-0.4, -0.2) is 10.8 Å². The van der Waals surface area contributed by atoms with E-state index in [0.29, 0.717) is 23.6 Å². The van der Waals surface area contributed by atoms with Crippen LogP contribution >= 0.6 is 11.6 Å². The fourth-order valence-corrected chi connectivity index (χ4v) is 1.20. The summed E-state index contributed by atoms with van der Waals surface area (Å²) in [5.41, 5.74) is 0.600. The van der Waals surface area contributed by atoms with E-state index in [1.165, 1.54) is 6.20 Å². The highest BCUT2D eigenvalue weighted by molar-refractivity contribution is 6.29. The van der Waals surface area contributed by atoms with Crippen molar-refractivity contribution >= 4 is 17.4 Å². The lowest BCUT2D eigenvalue weighted by Gasteiger charge is -1.97. The summed E-state index contributed by atoms with van der Waals surface area (Å²) in [6.07, 6.45) is 2.55. The number of carbonyl (C=O) groups excluding carboxylic acids is 1. The van der Waals surface area contributed by atoms with E-state index >= 15 is 0 Å². The molecule has 1 aromatic heterocycles. The van der Waals surface area contributed by atoms with Gasteiger partial charge in [0.2, 0.25) is 0 Å². The van der Waals surface area contributed by atoms with Crippen LogP contribution in [-0.2, 0) is 0 Å². The lowest BCUT2D eigenvalue weighted by Crippen LogP contribution is -1.98. The van der Waals surface area contributed by atoms with Crippen molar-refractivity contribution in [3.63, 3.8) is 0 Å². The van der Waals surface area contributed by atoms with Crippen molar-refractivity contribution < 1.29 is 4.79 Å². The van der Waals surface area contributed by atoms with Gasteiger partial charge in [0.05, 0.1) is 0 Å². The van der Waals surface area contributed by atoms with E-state index < -0.39 is 0 Å². The van der Waals surface area contributed by atoms with Gasteiger partial charge in [-0.2, -0.15) is 0 Å². The highest BCUT2D eigenvalue weighted by Gasteiger charge is 2.04. The van der Waals surface area contributed by atoms with E-state index in [4.69, 9.17) is 11.6 Å². The molecule has 0 bridgehead atoms. The summed E-state index contributed by atoms with van der Waals surface area (Å²) in [6, 6.07) is 3.23. The van der Waals surface area contributed by atoms with Crippen molar-refractivity contribution in [3.8, 4) is 11.8 Å². The summed E-state index contributed by atoms with van der Waals surface area (Å²) in [5, 5.41) is 0.345. The molecule has 1 heterocycles. The van der Waals surface area contributed by atoms with Gasteiger partial charge in [-0.1, -0.05) is 11.6 Å². The molecule has 0 N–H and O–H groups in total.